The molecule has 18 heavy (non-hydrogen) atoms. The summed E-state index contributed by atoms with van der Waals surface area (Å²) >= 11 is 6.77. The number of aromatic nitrogens is 2. The number of rotatable bonds is 1. The maximum Gasteiger partial charge on any atom is 0.445 e. The number of piperidine rings is 1. The van der Waals surface area contributed by atoms with Gasteiger partial charge in [0.2, 0.25) is 10.1 Å². The van der Waals surface area contributed by atoms with Gasteiger partial charge in [-0.05, 0) is 25.7 Å². The van der Waals surface area contributed by atoms with E-state index in [1.54, 1.807) is 0 Å². The summed E-state index contributed by atoms with van der Waals surface area (Å²) in [5, 5.41) is 6.60. The van der Waals surface area contributed by atoms with E-state index in [9.17, 15) is 13.2 Å². The van der Waals surface area contributed by atoms with Gasteiger partial charge in [0.05, 0.1) is 0 Å². The number of hydrogen-bond acceptors (Lipinski definition) is 4. The largest absolute Gasteiger partial charge is 0.445 e. The van der Waals surface area contributed by atoms with E-state index in [1.165, 1.54) is 0 Å². The molecule has 3 rings (SSSR count). The van der Waals surface area contributed by atoms with Gasteiger partial charge in [-0.1, -0.05) is 11.3 Å². The van der Waals surface area contributed by atoms with Crippen LogP contribution in [0.2, 0.25) is 0 Å². The molecule has 2 aliphatic heterocycles. The minimum Gasteiger partial charge on any atom is -0.341 e. The third-order valence-corrected chi connectivity index (χ3v) is 4.89. The summed E-state index contributed by atoms with van der Waals surface area (Å²) in [4.78, 5) is 1.99. The Morgan fingerprint density at radius 1 is 1.17 bits per heavy atom. The fourth-order valence-electron chi connectivity index (χ4n) is 2.86. The number of fused-ring (bicyclic) bond motifs is 2. The minimum absolute atomic E-state index is 0.133. The normalized spacial score (nSPS) is 32.0. The van der Waals surface area contributed by atoms with Crippen molar-refractivity contribution in [2.45, 2.75) is 49.3 Å². The third kappa shape index (κ3) is 2.07. The first-order chi connectivity index (χ1) is 8.45. The Hall–Kier alpha value is -0.560. The first-order valence-corrected chi connectivity index (χ1v) is 7.03. The molecule has 2 saturated heterocycles. The van der Waals surface area contributed by atoms with Crippen LogP contribution in [0.3, 0.4) is 0 Å². The topological polar surface area (TPSA) is 29.0 Å². The second-order valence-corrected chi connectivity index (χ2v) is 6.32. The van der Waals surface area contributed by atoms with Gasteiger partial charge >= 0.3 is 6.18 Å². The summed E-state index contributed by atoms with van der Waals surface area (Å²) in [5.74, 6) is 0. The molecule has 2 aliphatic rings. The van der Waals surface area contributed by atoms with Crippen LogP contribution in [0.1, 0.15) is 30.7 Å². The smallest absolute Gasteiger partial charge is 0.341 e. The van der Waals surface area contributed by atoms with Gasteiger partial charge in [-0.3, -0.25) is 0 Å². The Morgan fingerprint density at radius 3 is 2.28 bits per heavy atom. The molecule has 0 radical (unpaired) electrons. The van der Waals surface area contributed by atoms with Crippen molar-refractivity contribution >= 4 is 28.1 Å². The Morgan fingerprint density at radius 2 is 1.78 bits per heavy atom. The van der Waals surface area contributed by atoms with Crippen LogP contribution in [-0.2, 0) is 6.18 Å². The summed E-state index contributed by atoms with van der Waals surface area (Å²) in [6, 6.07) is 0.445. The lowest BCUT2D eigenvalue weighted by Gasteiger charge is -2.36. The SMILES string of the molecule is FC(F)(F)c1nnc(N2C3CCC2CC(Cl)C3)s1. The van der Waals surface area contributed by atoms with Gasteiger partial charge < -0.3 is 4.90 Å². The molecule has 8 heteroatoms. The number of alkyl halides is 4. The fourth-order valence-corrected chi connectivity index (χ4v) is 4.12. The van der Waals surface area contributed by atoms with Gasteiger partial charge in [-0.2, -0.15) is 13.2 Å². The number of nitrogens with zero attached hydrogens (tertiary/aromatic N) is 3. The van der Waals surface area contributed by atoms with E-state index in [0.717, 1.165) is 25.7 Å². The predicted molar refractivity (Wildman–Crippen MR) is 63.1 cm³/mol. The Bertz CT molecular complexity index is 436. The second-order valence-electron chi connectivity index (χ2n) is 4.75. The molecule has 0 spiro atoms. The first kappa shape index (κ1) is 12.5. The lowest BCUT2D eigenvalue weighted by molar-refractivity contribution is -0.138. The summed E-state index contributed by atoms with van der Waals surface area (Å²) < 4.78 is 37.5. The molecule has 3 nitrogen and oxygen atoms in total. The molecular weight excluding hydrogens is 287 g/mol. The Labute approximate surface area is 111 Å². The highest BCUT2D eigenvalue weighted by molar-refractivity contribution is 7.15. The molecule has 3 heterocycles. The van der Waals surface area contributed by atoms with Gasteiger partial charge in [0.25, 0.3) is 0 Å². The molecule has 2 fully saturated rings. The lowest BCUT2D eigenvalue weighted by Crippen LogP contribution is -2.43. The zero-order valence-electron chi connectivity index (χ0n) is 9.32. The molecule has 2 unspecified atom stereocenters. The summed E-state index contributed by atoms with van der Waals surface area (Å²) in [6.45, 7) is 0. The van der Waals surface area contributed by atoms with E-state index in [0.29, 0.717) is 16.5 Å². The molecular formula is C10H11ClF3N3S. The van der Waals surface area contributed by atoms with E-state index >= 15 is 0 Å². The highest BCUT2D eigenvalue weighted by Gasteiger charge is 2.43. The Kier molecular flexibility index (Phi) is 2.93. The third-order valence-electron chi connectivity index (χ3n) is 3.55. The van der Waals surface area contributed by atoms with Crippen LogP contribution >= 0.6 is 22.9 Å². The van der Waals surface area contributed by atoms with Crippen molar-refractivity contribution in [2.24, 2.45) is 0 Å². The van der Waals surface area contributed by atoms with E-state index in [-0.39, 0.29) is 17.5 Å². The van der Waals surface area contributed by atoms with Crippen molar-refractivity contribution in [1.29, 1.82) is 0 Å². The summed E-state index contributed by atoms with van der Waals surface area (Å²) in [7, 11) is 0. The maximum atomic E-state index is 12.5. The van der Waals surface area contributed by atoms with Crippen LogP contribution in [0.5, 0.6) is 0 Å². The standard InChI is InChI=1S/C10H11ClF3N3S/c11-5-3-6-1-2-7(4-5)17(6)9-16-15-8(18-9)10(12,13)14/h5-7H,1-4H2. The van der Waals surface area contributed by atoms with E-state index < -0.39 is 11.2 Å². The maximum absolute atomic E-state index is 12.5. The van der Waals surface area contributed by atoms with Crippen LogP contribution < -0.4 is 4.90 Å². The van der Waals surface area contributed by atoms with Crippen LogP contribution in [-0.4, -0.2) is 27.7 Å². The first-order valence-electron chi connectivity index (χ1n) is 5.78. The number of hydrogen-bond donors (Lipinski definition) is 0. The number of halogens is 4. The molecule has 2 atom stereocenters. The fraction of sp³-hybridized carbons (Fsp3) is 0.800. The average Bonchev–Trinajstić information content (AvgIpc) is 2.81. The van der Waals surface area contributed by atoms with Gasteiger partial charge in [0.1, 0.15) is 0 Å². The molecule has 0 N–H and O–H groups in total. The monoisotopic (exact) mass is 297 g/mol. The average molecular weight is 298 g/mol. The molecule has 100 valence electrons. The van der Waals surface area contributed by atoms with Crippen molar-refractivity contribution < 1.29 is 13.2 Å². The van der Waals surface area contributed by atoms with Crippen molar-refractivity contribution in [3.05, 3.63) is 5.01 Å². The molecule has 0 aliphatic carbocycles. The second kappa shape index (κ2) is 4.23. The summed E-state index contributed by atoms with van der Waals surface area (Å²) in [5.41, 5.74) is 0. The zero-order chi connectivity index (χ0) is 12.9. The molecule has 1 aromatic heterocycles. The van der Waals surface area contributed by atoms with Crippen LogP contribution in [0.25, 0.3) is 0 Å². The van der Waals surface area contributed by atoms with Crippen LogP contribution in [0.15, 0.2) is 0 Å². The van der Waals surface area contributed by atoms with E-state index in [4.69, 9.17) is 11.6 Å². The van der Waals surface area contributed by atoms with E-state index in [2.05, 4.69) is 10.2 Å². The molecule has 0 amide bonds. The van der Waals surface area contributed by atoms with Crippen molar-refractivity contribution in [3.63, 3.8) is 0 Å². The summed E-state index contributed by atoms with van der Waals surface area (Å²) in [6.07, 6.45) is -0.804. The van der Waals surface area contributed by atoms with Crippen LogP contribution in [0.4, 0.5) is 18.3 Å². The van der Waals surface area contributed by atoms with E-state index in [1.807, 2.05) is 4.90 Å². The highest BCUT2D eigenvalue weighted by Crippen LogP contribution is 2.43. The molecule has 2 bridgehead atoms. The Balaban J connectivity index is 1.86. The van der Waals surface area contributed by atoms with Crippen molar-refractivity contribution in [3.8, 4) is 0 Å². The quantitative estimate of drug-likeness (QED) is 0.745. The molecule has 0 saturated carbocycles. The predicted octanol–water partition coefficient (Wildman–Crippen LogP) is 3.30. The minimum atomic E-state index is -4.40. The van der Waals surface area contributed by atoms with Crippen molar-refractivity contribution in [2.75, 3.05) is 4.90 Å². The highest BCUT2D eigenvalue weighted by atomic mass is 35.5. The number of anilines is 1. The van der Waals surface area contributed by atoms with Gasteiger partial charge in [0, 0.05) is 17.5 Å². The zero-order valence-corrected chi connectivity index (χ0v) is 10.9. The molecule has 1 aromatic rings. The van der Waals surface area contributed by atoms with Gasteiger partial charge in [-0.15, -0.1) is 21.8 Å². The lowest BCUT2D eigenvalue weighted by atomic mass is 10.0. The van der Waals surface area contributed by atoms with Gasteiger partial charge in [-0.25, -0.2) is 0 Å². The van der Waals surface area contributed by atoms with Gasteiger partial charge in [0.15, 0.2) is 0 Å². The molecule has 0 aromatic carbocycles. The van der Waals surface area contributed by atoms with Crippen molar-refractivity contribution in [1.82, 2.24) is 10.2 Å². The van der Waals surface area contributed by atoms with Crippen LogP contribution in [0, 0.1) is 0 Å².